The van der Waals surface area contributed by atoms with Crippen molar-refractivity contribution in [2.45, 2.75) is 49.4 Å². The second-order valence-corrected chi connectivity index (χ2v) is 30.2. The lowest BCUT2D eigenvalue weighted by Gasteiger charge is -2.32. The molecule has 0 radical (unpaired) electrons. The number of benzene rings is 15. The third kappa shape index (κ3) is 8.45. The summed E-state index contributed by atoms with van der Waals surface area (Å²) in [6, 6.07) is 128. The van der Waals surface area contributed by atoms with E-state index in [1.807, 2.05) is 0 Å². The molecule has 15 aromatic carbocycles. The van der Waals surface area contributed by atoms with Crippen LogP contribution in [0.3, 0.4) is 0 Å². The molecule has 0 bridgehead atoms. The van der Waals surface area contributed by atoms with Crippen molar-refractivity contribution >= 4 is 58.4 Å². The molecule has 0 N–H and O–H groups in total. The summed E-state index contributed by atoms with van der Waals surface area (Å²) in [6.45, 7) is 9.59. The quantitative estimate of drug-likeness (QED) is 0.126. The number of anilines is 6. The molecule has 2 nitrogen and oxygen atoms in total. The fraction of sp³-hybridized carbons (Fsp3) is 0.0784. The molecule has 2 heteroatoms. The molecule has 15 aromatic rings. The molecule has 0 aromatic heterocycles. The third-order valence-electron chi connectivity index (χ3n) is 24.3. The van der Waals surface area contributed by atoms with Gasteiger partial charge in [0.1, 0.15) is 0 Å². The predicted molar refractivity (Wildman–Crippen MR) is 434 cm³/mol. The summed E-state index contributed by atoms with van der Waals surface area (Å²) in [6.07, 6.45) is 9.05. The van der Waals surface area contributed by atoms with Gasteiger partial charge in [-0.3, -0.25) is 0 Å². The molecular formula is C102H72N2. The summed E-state index contributed by atoms with van der Waals surface area (Å²) in [5, 5.41) is 0. The highest BCUT2D eigenvalue weighted by atomic mass is 15.1. The normalized spacial score (nSPS) is 15.0. The molecule has 0 unspecified atom stereocenters. The summed E-state index contributed by atoms with van der Waals surface area (Å²) in [5.74, 6) is 0. The Kier molecular flexibility index (Phi) is 13.0. The Bertz CT molecular complexity index is 5670. The van der Waals surface area contributed by atoms with E-state index in [2.05, 4.69) is 402 Å². The number of hydrogen-bond donors (Lipinski definition) is 0. The highest BCUT2D eigenvalue weighted by molar-refractivity contribution is 6.00. The Morgan fingerprint density at radius 2 is 0.385 bits per heavy atom. The summed E-state index contributed by atoms with van der Waals surface area (Å²) in [4.78, 5) is 4.94. The number of rotatable bonds is 10. The van der Waals surface area contributed by atoms with E-state index in [4.69, 9.17) is 0 Å². The van der Waals surface area contributed by atoms with E-state index in [-0.39, 0.29) is 10.8 Å². The molecule has 0 heterocycles. The minimum Gasteiger partial charge on any atom is -0.310 e. The highest BCUT2D eigenvalue weighted by Crippen LogP contribution is 2.66. The van der Waals surface area contributed by atoms with Crippen LogP contribution in [0.5, 0.6) is 0 Å². The number of nitrogens with zero attached hydrogens (tertiary/aromatic N) is 2. The van der Waals surface area contributed by atoms with Crippen LogP contribution in [-0.4, -0.2) is 0 Å². The maximum absolute atomic E-state index is 2.50. The van der Waals surface area contributed by atoms with Crippen molar-refractivity contribution in [3.8, 4) is 66.8 Å². The van der Waals surface area contributed by atoms with Gasteiger partial charge in [0.15, 0.2) is 0 Å². The molecule has 0 atom stereocenters. The summed E-state index contributed by atoms with van der Waals surface area (Å²) >= 11 is 0. The zero-order valence-corrected chi connectivity index (χ0v) is 58.5. The minimum atomic E-state index is -0.433. The SMILES string of the molecule is CC1(C)c2cc(/C=C/c3ccc(/C=C/c4ccc5c(c4)C(C)(C)c4cc(N(c6ccccc6)c6ccc7c(c6)C6(c8ccccc8-c8ccccc86)c6ccccc6-7)ccc4-5)cc3)ccc2-c2ccc(N(c3ccccc3)c3ccc4c(c3)C3(c5ccccc5-c5ccccc53)c3ccccc3-4)cc21. The molecular weight excluding hydrogens is 1250 g/mol. The summed E-state index contributed by atoms with van der Waals surface area (Å²) in [7, 11) is 0. The maximum atomic E-state index is 2.50. The smallest absolute Gasteiger partial charge is 0.0726 e. The van der Waals surface area contributed by atoms with Gasteiger partial charge in [0.25, 0.3) is 0 Å². The second kappa shape index (κ2) is 22.4. The lowest BCUT2D eigenvalue weighted by atomic mass is 9.70. The van der Waals surface area contributed by atoms with Gasteiger partial charge in [0.05, 0.1) is 10.8 Å². The number of fused-ring (bicyclic) bond motifs is 26. The first-order valence-corrected chi connectivity index (χ1v) is 36.7. The number of para-hydroxylation sites is 2. The standard InChI is InChI=1S/C102H72N2/c1-99(2)93-59-67(47-53-81(93)83-55-49-71(61-95(83)99)103(69-23-7-5-8-24-69)73-51-57-85-79-31-15-21-37-91(79)101(97(85)63-73)87-33-17-11-27-75(87)76-28-12-18-34-88(76)101)45-43-65-39-41-66(42-40-65)44-46-68-48-54-82-84-56-50-72(62-96(84)100(3,4)94(82)60-68)104(70-25-9-6-10-26-70)74-52-58-86-80-32-16-22-38-92(80)102(98(86)64-74)89-35-19-13-29-77(89)78-30-14-20-36-90(78)102/h5-64H,1-4H3/b45-43+,46-44+. The first-order chi connectivity index (χ1) is 51.1. The van der Waals surface area contributed by atoms with Gasteiger partial charge in [0.2, 0.25) is 0 Å². The van der Waals surface area contributed by atoms with E-state index in [0.29, 0.717) is 0 Å². The first-order valence-electron chi connectivity index (χ1n) is 36.7. The average Bonchev–Trinajstić information content (AvgIpc) is 1.51. The lowest BCUT2D eigenvalue weighted by Crippen LogP contribution is -2.26. The van der Waals surface area contributed by atoms with Crippen LogP contribution in [0.4, 0.5) is 34.1 Å². The molecule has 2 spiro atoms. The Morgan fingerprint density at radius 3 is 0.683 bits per heavy atom. The Morgan fingerprint density at radius 1 is 0.173 bits per heavy atom. The Hall–Kier alpha value is -12.6. The summed E-state index contributed by atoms with van der Waals surface area (Å²) in [5.41, 5.74) is 42.0. The van der Waals surface area contributed by atoms with E-state index in [9.17, 15) is 0 Å². The van der Waals surface area contributed by atoms with Crippen LogP contribution >= 0.6 is 0 Å². The highest BCUT2D eigenvalue weighted by Gasteiger charge is 2.54. The summed E-state index contributed by atoms with van der Waals surface area (Å²) < 4.78 is 0. The van der Waals surface area contributed by atoms with Crippen molar-refractivity contribution in [2.75, 3.05) is 9.80 Å². The van der Waals surface area contributed by atoms with E-state index >= 15 is 0 Å². The van der Waals surface area contributed by atoms with Crippen molar-refractivity contribution < 1.29 is 0 Å². The van der Waals surface area contributed by atoms with Gasteiger partial charge in [-0.2, -0.15) is 0 Å². The van der Waals surface area contributed by atoms with E-state index in [0.717, 1.165) is 45.3 Å². The van der Waals surface area contributed by atoms with Gasteiger partial charge in [-0.15, -0.1) is 0 Å². The van der Waals surface area contributed by atoms with Crippen molar-refractivity contribution in [1.29, 1.82) is 0 Å². The van der Waals surface area contributed by atoms with Gasteiger partial charge in [-0.05, 0) is 229 Å². The zero-order chi connectivity index (χ0) is 69.2. The first kappa shape index (κ1) is 60.2. The van der Waals surface area contributed by atoms with Crippen LogP contribution in [0.25, 0.3) is 91.1 Å². The van der Waals surface area contributed by atoms with Crippen molar-refractivity contribution in [3.05, 3.63) is 429 Å². The monoisotopic (exact) mass is 1320 g/mol. The largest absolute Gasteiger partial charge is 0.310 e. The Labute approximate surface area is 609 Å². The van der Waals surface area contributed by atoms with Crippen molar-refractivity contribution in [3.63, 3.8) is 0 Å². The van der Waals surface area contributed by atoms with Crippen LogP contribution in [-0.2, 0) is 21.7 Å². The predicted octanol–water partition coefficient (Wildman–Crippen LogP) is 26.3. The second-order valence-electron chi connectivity index (χ2n) is 30.2. The van der Waals surface area contributed by atoms with Crippen molar-refractivity contribution in [2.24, 2.45) is 0 Å². The Balaban J connectivity index is 0.543. The van der Waals surface area contributed by atoms with Crippen LogP contribution < -0.4 is 9.80 Å². The van der Waals surface area contributed by atoms with E-state index in [1.165, 1.54) is 145 Å². The fourth-order valence-electron chi connectivity index (χ4n) is 19.6. The van der Waals surface area contributed by atoms with Crippen molar-refractivity contribution in [1.82, 2.24) is 0 Å². The average molecular weight is 1330 g/mol. The third-order valence-corrected chi connectivity index (χ3v) is 24.3. The van der Waals surface area contributed by atoms with E-state index in [1.54, 1.807) is 0 Å². The zero-order valence-electron chi connectivity index (χ0n) is 58.5. The van der Waals surface area contributed by atoms with Gasteiger partial charge < -0.3 is 9.80 Å². The van der Waals surface area contributed by atoms with Crippen LogP contribution in [0.15, 0.2) is 340 Å². The molecule has 490 valence electrons. The van der Waals surface area contributed by atoms with Crippen LogP contribution in [0.1, 0.15) is 117 Å². The molecule has 0 aliphatic heterocycles. The van der Waals surface area contributed by atoms with Gasteiger partial charge in [-0.25, -0.2) is 0 Å². The van der Waals surface area contributed by atoms with Gasteiger partial charge in [-0.1, -0.05) is 319 Å². The van der Waals surface area contributed by atoms with E-state index < -0.39 is 10.8 Å². The molecule has 21 rings (SSSR count). The molecule has 0 saturated carbocycles. The van der Waals surface area contributed by atoms with Gasteiger partial charge >= 0.3 is 0 Å². The lowest BCUT2D eigenvalue weighted by molar-refractivity contribution is 0.660. The minimum absolute atomic E-state index is 0.241. The topological polar surface area (TPSA) is 6.48 Å². The molecule has 6 aliphatic rings. The van der Waals surface area contributed by atoms with Crippen LogP contribution in [0.2, 0.25) is 0 Å². The number of hydrogen-bond acceptors (Lipinski definition) is 2. The van der Waals surface area contributed by atoms with Gasteiger partial charge in [0, 0.05) is 45.0 Å². The fourth-order valence-corrected chi connectivity index (χ4v) is 19.6. The molecule has 0 amide bonds. The molecule has 0 fully saturated rings. The molecule has 0 saturated heterocycles. The molecule has 104 heavy (non-hydrogen) atoms. The van der Waals surface area contributed by atoms with Crippen LogP contribution in [0, 0.1) is 0 Å². The molecule has 6 aliphatic carbocycles. The maximum Gasteiger partial charge on any atom is 0.0726 e.